The highest BCUT2D eigenvalue weighted by atomic mass is 32.2. The van der Waals surface area contributed by atoms with Crippen LogP contribution in [0.25, 0.3) is 0 Å². The van der Waals surface area contributed by atoms with Crippen LogP contribution in [0, 0.1) is 0 Å². The summed E-state index contributed by atoms with van der Waals surface area (Å²) in [5.41, 5.74) is -0.333. The molecule has 0 aliphatic carbocycles. The standard InChI is InChI=1S/C10H15NO4S/c12-8(13)1-4-11-7-10(15-9(11)14)2-5-16-6-3-10/h1-7H2,(H,12,13). The predicted octanol–water partition coefficient (Wildman–Crippen LogP) is 1.18. The molecule has 90 valence electrons. The zero-order valence-electron chi connectivity index (χ0n) is 8.98. The second kappa shape index (κ2) is 4.53. The van der Waals surface area contributed by atoms with Gasteiger partial charge < -0.3 is 14.7 Å². The Balaban J connectivity index is 1.92. The van der Waals surface area contributed by atoms with Gasteiger partial charge in [0.15, 0.2) is 0 Å². The number of nitrogens with zero attached hydrogens (tertiary/aromatic N) is 1. The van der Waals surface area contributed by atoms with Gasteiger partial charge in [-0.15, -0.1) is 0 Å². The van der Waals surface area contributed by atoms with Gasteiger partial charge in [0.2, 0.25) is 0 Å². The molecule has 0 atom stereocenters. The molecule has 2 saturated heterocycles. The van der Waals surface area contributed by atoms with Crippen LogP contribution >= 0.6 is 11.8 Å². The number of hydrogen-bond acceptors (Lipinski definition) is 4. The number of carbonyl (C=O) groups excluding carboxylic acids is 1. The van der Waals surface area contributed by atoms with Crippen LogP contribution < -0.4 is 0 Å². The molecule has 0 aromatic carbocycles. The molecular weight excluding hydrogens is 230 g/mol. The molecule has 1 spiro atoms. The van der Waals surface area contributed by atoms with Crippen molar-refractivity contribution in [2.75, 3.05) is 24.6 Å². The van der Waals surface area contributed by atoms with Gasteiger partial charge in [-0.3, -0.25) is 4.79 Å². The molecular formula is C10H15NO4S. The maximum Gasteiger partial charge on any atom is 0.410 e. The van der Waals surface area contributed by atoms with E-state index in [0.717, 1.165) is 24.3 Å². The summed E-state index contributed by atoms with van der Waals surface area (Å²) in [6.45, 7) is 0.808. The van der Waals surface area contributed by atoms with Gasteiger partial charge in [0.25, 0.3) is 0 Å². The zero-order chi connectivity index (χ0) is 11.6. The quantitative estimate of drug-likeness (QED) is 0.808. The SMILES string of the molecule is O=C(O)CCN1CC2(CCSCC2)OC1=O. The Hall–Kier alpha value is -0.910. The van der Waals surface area contributed by atoms with Crippen molar-refractivity contribution in [2.24, 2.45) is 0 Å². The van der Waals surface area contributed by atoms with Crippen LogP contribution in [0.15, 0.2) is 0 Å². The molecule has 0 aromatic rings. The summed E-state index contributed by atoms with van der Waals surface area (Å²) in [6, 6.07) is 0. The molecule has 2 heterocycles. The number of amides is 1. The van der Waals surface area contributed by atoms with Gasteiger partial charge in [0.05, 0.1) is 13.0 Å². The molecule has 1 N–H and O–H groups in total. The highest BCUT2D eigenvalue weighted by Gasteiger charge is 2.45. The molecule has 2 aliphatic rings. The van der Waals surface area contributed by atoms with Crippen molar-refractivity contribution in [3.8, 4) is 0 Å². The minimum absolute atomic E-state index is 0.0140. The second-order valence-electron chi connectivity index (χ2n) is 4.23. The molecule has 1 amide bonds. The first-order valence-corrected chi connectivity index (χ1v) is 6.54. The summed E-state index contributed by atoms with van der Waals surface area (Å²) in [5, 5.41) is 8.58. The van der Waals surface area contributed by atoms with Crippen LogP contribution in [0.5, 0.6) is 0 Å². The molecule has 2 rings (SSSR count). The lowest BCUT2D eigenvalue weighted by molar-refractivity contribution is -0.137. The largest absolute Gasteiger partial charge is 0.481 e. The number of ether oxygens (including phenoxy) is 1. The lowest BCUT2D eigenvalue weighted by atomic mass is 9.97. The summed E-state index contributed by atoms with van der Waals surface area (Å²) < 4.78 is 5.42. The third kappa shape index (κ3) is 2.42. The van der Waals surface area contributed by atoms with Crippen molar-refractivity contribution in [3.05, 3.63) is 0 Å². The number of thioether (sulfide) groups is 1. The topological polar surface area (TPSA) is 66.8 Å². The lowest BCUT2D eigenvalue weighted by Crippen LogP contribution is -2.38. The van der Waals surface area contributed by atoms with Gasteiger partial charge in [-0.05, 0) is 24.3 Å². The normalized spacial score (nSPS) is 23.5. The molecule has 0 saturated carbocycles. The van der Waals surface area contributed by atoms with Gasteiger partial charge >= 0.3 is 12.1 Å². The van der Waals surface area contributed by atoms with Gasteiger partial charge in [-0.1, -0.05) is 0 Å². The molecule has 0 bridgehead atoms. The summed E-state index contributed by atoms with van der Waals surface area (Å²) >= 11 is 1.87. The number of aliphatic carboxylic acids is 1. The summed E-state index contributed by atoms with van der Waals surface area (Å²) in [7, 11) is 0. The molecule has 2 fully saturated rings. The number of hydrogen-bond donors (Lipinski definition) is 1. The predicted molar refractivity (Wildman–Crippen MR) is 59.6 cm³/mol. The Morgan fingerprint density at radius 1 is 1.50 bits per heavy atom. The highest BCUT2D eigenvalue weighted by molar-refractivity contribution is 7.99. The average molecular weight is 245 g/mol. The number of carboxylic acid groups (broad SMARTS) is 1. The minimum Gasteiger partial charge on any atom is -0.481 e. The van der Waals surface area contributed by atoms with Crippen LogP contribution in [-0.4, -0.2) is 52.3 Å². The van der Waals surface area contributed by atoms with E-state index >= 15 is 0 Å². The Bertz CT molecular complexity index is 301. The summed E-state index contributed by atoms with van der Waals surface area (Å²) in [6.07, 6.45) is 1.40. The van der Waals surface area contributed by atoms with E-state index in [1.165, 1.54) is 4.90 Å². The van der Waals surface area contributed by atoms with E-state index in [2.05, 4.69) is 0 Å². The highest BCUT2D eigenvalue weighted by Crippen LogP contribution is 2.35. The fourth-order valence-corrected chi connectivity index (χ4v) is 3.34. The van der Waals surface area contributed by atoms with E-state index in [-0.39, 0.29) is 24.7 Å². The van der Waals surface area contributed by atoms with Gasteiger partial charge in [0.1, 0.15) is 5.60 Å². The van der Waals surface area contributed by atoms with Crippen LogP contribution in [0.4, 0.5) is 4.79 Å². The van der Waals surface area contributed by atoms with Crippen molar-refractivity contribution in [2.45, 2.75) is 24.9 Å². The van der Waals surface area contributed by atoms with Crippen molar-refractivity contribution in [3.63, 3.8) is 0 Å². The maximum absolute atomic E-state index is 11.6. The van der Waals surface area contributed by atoms with E-state index in [0.29, 0.717) is 6.54 Å². The summed E-state index contributed by atoms with van der Waals surface area (Å²) in [4.78, 5) is 23.5. The van der Waals surface area contributed by atoms with Crippen molar-refractivity contribution >= 4 is 23.8 Å². The molecule has 16 heavy (non-hydrogen) atoms. The molecule has 6 heteroatoms. The molecule has 0 radical (unpaired) electrons. The fraction of sp³-hybridized carbons (Fsp3) is 0.800. The molecule has 0 unspecified atom stereocenters. The minimum atomic E-state index is -0.882. The number of carbonyl (C=O) groups is 2. The maximum atomic E-state index is 11.6. The van der Waals surface area contributed by atoms with E-state index in [1.807, 2.05) is 11.8 Å². The van der Waals surface area contributed by atoms with Gasteiger partial charge in [-0.25, -0.2) is 4.79 Å². The van der Waals surface area contributed by atoms with Crippen LogP contribution in [0.3, 0.4) is 0 Å². The van der Waals surface area contributed by atoms with Crippen molar-refractivity contribution in [1.82, 2.24) is 4.90 Å². The van der Waals surface area contributed by atoms with Crippen molar-refractivity contribution in [1.29, 1.82) is 0 Å². The number of rotatable bonds is 3. The Kier molecular flexibility index (Phi) is 3.28. The first-order valence-electron chi connectivity index (χ1n) is 5.39. The van der Waals surface area contributed by atoms with Crippen LogP contribution in [-0.2, 0) is 9.53 Å². The molecule has 2 aliphatic heterocycles. The van der Waals surface area contributed by atoms with Gasteiger partial charge in [0, 0.05) is 6.54 Å². The second-order valence-corrected chi connectivity index (χ2v) is 5.45. The Labute approximate surface area is 98.1 Å². The molecule has 5 nitrogen and oxygen atoms in total. The smallest absolute Gasteiger partial charge is 0.410 e. The Morgan fingerprint density at radius 2 is 2.19 bits per heavy atom. The average Bonchev–Trinajstić information content (AvgIpc) is 2.53. The fourth-order valence-electron chi connectivity index (χ4n) is 2.10. The third-order valence-corrected chi connectivity index (χ3v) is 4.03. The number of carboxylic acids is 1. The zero-order valence-corrected chi connectivity index (χ0v) is 9.79. The first-order chi connectivity index (χ1) is 7.61. The van der Waals surface area contributed by atoms with E-state index < -0.39 is 5.97 Å². The summed E-state index contributed by atoms with van der Waals surface area (Å²) in [5.74, 6) is 1.15. The van der Waals surface area contributed by atoms with E-state index in [1.54, 1.807) is 0 Å². The van der Waals surface area contributed by atoms with Crippen LogP contribution in [0.1, 0.15) is 19.3 Å². The van der Waals surface area contributed by atoms with Crippen molar-refractivity contribution < 1.29 is 19.4 Å². The molecule has 0 aromatic heterocycles. The Morgan fingerprint density at radius 3 is 2.81 bits per heavy atom. The van der Waals surface area contributed by atoms with Gasteiger partial charge in [-0.2, -0.15) is 11.8 Å². The first kappa shape index (κ1) is 11.6. The lowest BCUT2D eigenvalue weighted by Gasteiger charge is -2.30. The van der Waals surface area contributed by atoms with E-state index in [9.17, 15) is 9.59 Å². The third-order valence-electron chi connectivity index (χ3n) is 3.04. The monoisotopic (exact) mass is 245 g/mol. The van der Waals surface area contributed by atoms with E-state index in [4.69, 9.17) is 9.84 Å². The van der Waals surface area contributed by atoms with Crippen LogP contribution in [0.2, 0.25) is 0 Å².